The topological polar surface area (TPSA) is 39.1 Å². The highest BCUT2D eigenvalue weighted by atomic mass is 35.5. The van der Waals surface area contributed by atoms with Crippen LogP contribution in [0.25, 0.3) is 0 Å². The van der Waals surface area contributed by atoms with E-state index in [9.17, 15) is 0 Å². The average molecular weight is 280 g/mol. The minimum absolute atomic E-state index is 0.658. The summed E-state index contributed by atoms with van der Waals surface area (Å²) in [5, 5.41) is 8.36. The molecule has 2 rings (SSSR count). The second kappa shape index (κ2) is 5.53. The van der Waals surface area contributed by atoms with Crippen LogP contribution in [0.15, 0.2) is 18.2 Å². The van der Waals surface area contributed by atoms with Gasteiger partial charge in [0.25, 0.3) is 0 Å². The van der Waals surface area contributed by atoms with Crippen molar-refractivity contribution in [1.29, 1.82) is 0 Å². The summed E-state index contributed by atoms with van der Waals surface area (Å²) in [6.45, 7) is 4.66. The Bertz CT molecular complexity index is 593. The molecule has 102 valence electrons. The van der Waals surface area contributed by atoms with Crippen molar-refractivity contribution >= 4 is 17.3 Å². The first-order chi connectivity index (χ1) is 9.02. The monoisotopic (exact) mass is 279 g/mol. The first-order valence-electron chi connectivity index (χ1n) is 6.09. The largest absolute Gasteiger partial charge is 0.497 e. The molecule has 1 aromatic heterocycles. The van der Waals surface area contributed by atoms with Crippen molar-refractivity contribution in [3.63, 3.8) is 0 Å². The Kier molecular flexibility index (Phi) is 4.00. The Morgan fingerprint density at radius 2 is 2.11 bits per heavy atom. The van der Waals surface area contributed by atoms with Crippen LogP contribution < -0.4 is 10.1 Å². The minimum Gasteiger partial charge on any atom is -0.497 e. The molecule has 1 heterocycles. The third kappa shape index (κ3) is 2.84. The lowest BCUT2D eigenvalue weighted by Gasteiger charge is -2.11. The number of aryl methyl sites for hydroxylation is 3. The zero-order valence-electron chi connectivity index (χ0n) is 11.6. The van der Waals surface area contributed by atoms with Gasteiger partial charge in [-0.25, -0.2) is 0 Å². The summed E-state index contributed by atoms with van der Waals surface area (Å²) in [5.74, 6) is 0.860. The Balaban J connectivity index is 2.14. The van der Waals surface area contributed by atoms with Gasteiger partial charge in [0.15, 0.2) is 0 Å². The van der Waals surface area contributed by atoms with E-state index in [0.717, 1.165) is 28.3 Å². The van der Waals surface area contributed by atoms with Crippen LogP contribution in [0.5, 0.6) is 5.75 Å². The second-order valence-corrected chi connectivity index (χ2v) is 4.87. The number of rotatable bonds is 4. The number of hydrogen-bond acceptors (Lipinski definition) is 3. The standard InChI is InChI=1S/C14H18ClN3O/c1-9-7-11(19-4)5-6-13(9)16-8-12-10(2)17-18(3)14(12)15/h5-7,16H,8H2,1-4H3. The third-order valence-electron chi connectivity index (χ3n) is 3.16. The van der Waals surface area contributed by atoms with Gasteiger partial charge in [-0.15, -0.1) is 0 Å². The Morgan fingerprint density at radius 3 is 2.63 bits per heavy atom. The molecule has 1 aromatic carbocycles. The highest BCUT2D eigenvalue weighted by Gasteiger charge is 2.11. The summed E-state index contributed by atoms with van der Waals surface area (Å²) in [5.41, 5.74) is 4.18. The second-order valence-electron chi connectivity index (χ2n) is 4.51. The molecule has 19 heavy (non-hydrogen) atoms. The fourth-order valence-corrected chi connectivity index (χ4v) is 2.26. The number of benzene rings is 1. The van der Waals surface area contributed by atoms with Gasteiger partial charge in [0.1, 0.15) is 10.9 Å². The number of aromatic nitrogens is 2. The quantitative estimate of drug-likeness (QED) is 0.933. The number of ether oxygens (including phenoxy) is 1. The van der Waals surface area contributed by atoms with Crippen LogP contribution in [0, 0.1) is 13.8 Å². The molecule has 0 saturated carbocycles. The van der Waals surface area contributed by atoms with Gasteiger partial charge in [0, 0.05) is 24.8 Å². The molecule has 0 atom stereocenters. The summed E-state index contributed by atoms with van der Waals surface area (Å²) in [7, 11) is 3.51. The van der Waals surface area contributed by atoms with Crippen molar-refractivity contribution in [2.75, 3.05) is 12.4 Å². The zero-order valence-corrected chi connectivity index (χ0v) is 12.4. The Labute approximate surface area is 118 Å². The fourth-order valence-electron chi connectivity index (χ4n) is 2.02. The Morgan fingerprint density at radius 1 is 1.37 bits per heavy atom. The van der Waals surface area contributed by atoms with E-state index in [2.05, 4.69) is 10.4 Å². The first-order valence-corrected chi connectivity index (χ1v) is 6.47. The highest BCUT2D eigenvalue weighted by molar-refractivity contribution is 6.30. The summed E-state index contributed by atoms with van der Waals surface area (Å²) in [6.07, 6.45) is 0. The van der Waals surface area contributed by atoms with Crippen LogP contribution in [0.2, 0.25) is 5.15 Å². The number of anilines is 1. The maximum Gasteiger partial charge on any atom is 0.131 e. The highest BCUT2D eigenvalue weighted by Crippen LogP contribution is 2.24. The predicted octanol–water partition coefficient (Wildman–Crippen LogP) is 3.31. The van der Waals surface area contributed by atoms with Crippen molar-refractivity contribution in [3.05, 3.63) is 40.2 Å². The summed E-state index contributed by atoms with van der Waals surface area (Å²) in [6, 6.07) is 5.95. The van der Waals surface area contributed by atoms with Gasteiger partial charge in [0.05, 0.1) is 12.8 Å². The van der Waals surface area contributed by atoms with Crippen LogP contribution in [0.3, 0.4) is 0 Å². The van der Waals surface area contributed by atoms with Gasteiger partial charge in [-0.1, -0.05) is 11.6 Å². The molecule has 0 aliphatic heterocycles. The van der Waals surface area contributed by atoms with Crippen molar-refractivity contribution in [2.24, 2.45) is 7.05 Å². The van der Waals surface area contributed by atoms with E-state index >= 15 is 0 Å². The molecular weight excluding hydrogens is 262 g/mol. The molecule has 2 aromatic rings. The van der Waals surface area contributed by atoms with E-state index in [1.165, 1.54) is 0 Å². The number of halogens is 1. The van der Waals surface area contributed by atoms with Crippen LogP contribution in [0.4, 0.5) is 5.69 Å². The van der Waals surface area contributed by atoms with Crippen molar-refractivity contribution in [3.8, 4) is 5.75 Å². The summed E-state index contributed by atoms with van der Waals surface area (Å²) in [4.78, 5) is 0. The van der Waals surface area contributed by atoms with E-state index < -0.39 is 0 Å². The molecule has 0 spiro atoms. The lowest BCUT2D eigenvalue weighted by Crippen LogP contribution is -2.02. The summed E-state index contributed by atoms with van der Waals surface area (Å²) >= 11 is 6.21. The van der Waals surface area contributed by atoms with Gasteiger partial charge in [-0.3, -0.25) is 4.68 Å². The number of nitrogens with one attached hydrogen (secondary N) is 1. The van der Waals surface area contributed by atoms with Crippen molar-refractivity contribution in [2.45, 2.75) is 20.4 Å². The molecule has 0 aliphatic rings. The van der Waals surface area contributed by atoms with Crippen LogP contribution in [0.1, 0.15) is 16.8 Å². The predicted molar refractivity (Wildman–Crippen MR) is 78.0 cm³/mol. The SMILES string of the molecule is COc1ccc(NCc2c(C)nn(C)c2Cl)c(C)c1. The Hall–Kier alpha value is -1.68. The molecule has 0 fully saturated rings. The van der Waals surface area contributed by atoms with E-state index in [0.29, 0.717) is 11.7 Å². The smallest absolute Gasteiger partial charge is 0.131 e. The maximum absolute atomic E-state index is 6.21. The molecular formula is C14H18ClN3O. The van der Waals surface area contributed by atoms with E-state index in [4.69, 9.17) is 16.3 Å². The normalized spacial score (nSPS) is 10.6. The first kappa shape index (κ1) is 13.7. The van der Waals surface area contributed by atoms with Gasteiger partial charge in [-0.05, 0) is 37.6 Å². The lowest BCUT2D eigenvalue weighted by atomic mass is 10.2. The number of hydrogen-bond donors (Lipinski definition) is 1. The minimum atomic E-state index is 0.658. The van der Waals surface area contributed by atoms with Crippen LogP contribution >= 0.6 is 11.6 Å². The molecule has 0 radical (unpaired) electrons. The average Bonchev–Trinajstić information content (AvgIpc) is 2.62. The van der Waals surface area contributed by atoms with Gasteiger partial charge < -0.3 is 10.1 Å². The van der Waals surface area contributed by atoms with Crippen molar-refractivity contribution in [1.82, 2.24) is 9.78 Å². The zero-order chi connectivity index (χ0) is 14.0. The maximum atomic E-state index is 6.21. The molecule has 0 unspecified atom stereocenters. The van der Waals surface area contributed by atoms with Crippen molar-refractivity contribution < 1.29 is 4.74 Å². The third-order valence-corrected chi connectivity index (χ3v) is 3.63. The van der Waals surface area contributed by atoms with Crippen LogP contribution in [-0.2, 0) is 13.6 Å². The molecule has 1 N–H and O–H groups in total. The summed E-state index contributed by atoms with van der Waals surface area (Å²) < 4.78 is 6.88. The molecule has 5 heteroatoms. The van der Waals surface area contributed by atoms with E-state index in [1.807, 2.05) is 39.1 Å². The van der Waals surface area contributed by atoms with Gasteiger partial charge >= 0.3 is 0 Å². The molecule has 0 amide bonds. The van der Waals surface area contributed by atoms with E-state index in [-0.39, 0.29) is 0 Å². The molecule has 0 aliphatic carbocycles. The van der Waals surface area contributed by atoms with Gasteiger partial charge in [0.2, 0.25) is 0 Å². The van der Waals surface area contributed by atoms with E-state index in [1.54, 1.807) is 11.8 Å². The molecule has 4 nitrogen and oxygen atoms in total. The molecule has 0 saturated heterocycles. The molecule has 0 bridgehead atoms. The number of methoxy groups -OCH3 is 1. The lowest BCUT2D eigenvalue weighted by molar-refractivity contribution is 0.414. The van der Waals surface area contributed by atoms with Gasteiger partial charge in [-0.2, -0.15) is 5.10 Å². The fraction of sp³-hybridized carbons (Fsp3) is 0.357. The van der Waals surface area contributed by atoms with Crippen LogP contribution in [-0.4, -0.2) is 16.9 Å². The number of nitrogens with zero attached hydrogens (tertiary/aromatic N) is 2.